The molecule has 0 fully saturated rings. The lowest BCUT2D eigenvalue weighted by molar-refractivity contribution is 0.0330. The van der Waals surface area contributed by atoms with Crippen LogP contribution in [-0.4, -0.2) is 27.7 Å². The maximum atomic E-state index is 9.04. The summed E-state index contributed by atoms with van der Waals surface area (Å²) in [7, 11) is 0. The van der Waals surface area contributed by atoms with E-state index in [9.17, 15) is 0 Å². The van der Waals surface area contributed by atoms with Gasteiger partial charge in [-0.3, -0.25) is 5.14 Å². The summed E-state index contributed by atoms with van der Waals surface area (Å²) in [5.41, 5.74) is 0. The molecule has 0 bridgehead atoms. The van der Waals surface area contributed by atoms with Crippen LogP contribution in [0, 0.1) is 0 Å². The van der Waals surface area contributed by atoms with E-state index < -0.39 is 12.2 Å². The Balaban J connectivity index is 3.58. The molecule has 0 aliphatic rings. The molecule has 3 unspecified atom stereocenters. The third-order valence-corrected chi connectivity index (χ3v) is 1.90. The minimum absolute atomic E-state index is 0.106. The van der Waals surface area contributed by atoms with Gasteiger partial charge in [-0.2, -0.15) is 0 Å². The van der Waals surface area contributed by atoms with E-state index in [-0.39, 0.29) is 5.25 Å². The van der Waals surface area contributed by atoms with Crippen molar-refractivity contribution < 1.29 is 10.2 Å². The molecule has 0 amide bonds. The second-order valence-electron chi connectivity index (χ2n) is 2.07. The van der Waals surface area contributed by atoms with Crippen molar-refractivity contribution in [3.63, 3.8) is 0 Å². The van der Waals surface area contributed by atoms with Crippen LogP contribution in [0.25, 0.3) is 0 Å². The Bertz CT molecular complexity index is 79.4. The molecule has 0 rings (SSSR count). The van der Waals surface area contributed by atoms with Crippen LogP contribution in [-0.2, 0) is 0 Å². The molecule has 4 N–H and O–H groups in total. The standard InChI is InChI=1S/C5H13NO2S/c1-3(7)5(8)4(2)9-6/h3-5,7-8H,6H2,1-2H3. The number of nitrogens with two attached hydrogens (primary N) is 1. The number of hydrogen-bond donors (Lipinski definition) is 3. The van der Waals surface area contributed by atoms with Gasteiger partial charge in [-0.25, -0.2) is 0 Å². The maximum absolute atomic E-state index is 9.04. The molecular weight excluding hydrogens is 138 g/mol. The Kier molecular flexibility index (Phi) is 4.22. The van der Waals surface area contributed by atoms with Gasteiger partial charge in [0, 0.05) is 5.25 Å². The topological polar surface area (TPSA) is 66.5 Å². The minimum atomic E-state index is -0.722. The lowest BCUT2D eigenvalue weighted by Crippen LogP contribution is -2.32. The van der Waals surface area contributed by atoms with E-state index in [2.05, 4.69) is 0 Å². The number of hydrogen-bond acceptors (Lipinski definition) is 4. The van der Waals surface area contributed by atoms with Gasteiger partial charge >= 0.3 is 0 Å². The highest BCUT2D eigenvalue weighted by atomic mass is 32.2. The highest BCUT2D eigenvalue weighted by molar-refractivity contribution is 7.97. The van der Waals surface area contributed by atoms with Crippen LogP contribution in [0.5, 0.6) is 0 Å². The summed E-state index contributed by atoms with van der Waals surface area (Å²) in [6.07, 6.45) is -1.42. The smallest absolute Gasteiger partial charge is 0.0924 e. The van der Waals surface area contributed by atoms with Crippen LogP contribution in [0.1, 0.15) is 13.8 Å². The highest BCUT2D eigenvalue weighted by Gasteiger charge is 2.17. The molecule has 0 aliphatic carbocycles. The highest BCUT2D eigenvalue weighted by Crippen LogP contribution is 2.09. The van der Waals surface area contributed by atoms with E-state index in [1.165, 1.54) is 6.92 Å². The lowest BCUT2D eigenvalue weighted by Gasteiger charge is -2.18. The first kappa shape index (κ1) is 9.23. The van der Waals surface area contributed by atoms with Crippen LogP contribution in [0.4, 0.5) is 0 Å². The average Bonchev–Trinajstić information content (AvgIpc) is 1.84. The fourth-order valence-electron chi connectivity index (χ4n) is 0.473. The Morgan fingerprint density at radius 1 is 1.33 bits per heavy atom. The van der Waals surface area contributed by atoms with Crippen molar-refractivity contribution in [3.05, 3.63) is 0 Å². The van der Waals surface area contributed by atoms with E-state index in [1.54, 1.807) is 6.92 Å². The molecule has 9 heavy (non-hydrogen) atoms. The van der Waals surface area contributed by atoms with Gasteiger partial charge in [0.25, 0.3) is 0 Å². The normalized spacial score (nSPS) is 21.0. The zero-order valence-electron chi connectivity index (χ0n) is 5.61. The van der Waals surface area contributed by atoms with Crippen LogP contribution < -0.4 is 5.14 Å². The van der Waals surface area contributed by atoms with Gasteiger partial charge in [-0.15, -0.1) is 0 Å². The third-order valence-electron chi connectivity index (χ3n) is 1.19. The van der Waals surface area contributed by atoms with Gasteiger partial charge in [-0.05, 0) is 13.8 Å². The van der Waals surface area contributed by atoms with Crippen LogP contribution in [0.3, 0.4) is 0 Å². The summed E-state index contributed by atoms with van der Waals surface area (Å²) < 4.78 is 0. The quantitative estimate of drug-likeness (QED) is 0.485. The van der Waals surface area contributed by atoms with Crippen molar-refractivity contribution in [1.82, 2.24) is 0 Å². The molecule has 56 valence electrons. The predicted octanol–water partition coefficient (Wildman–Crippen LogP) is -0.277. The van der Waals surface area contributed by atoms with Gasteiger partial charge in [0.15, 0.2) is 0 Å². The fraction of sp³-hybridized carbons (Fsp3) is 1.00. The van der Waals surface area contributed by atoms with E-state index in [4.69, 9.17) is 15.4 Å². The van der Waals surface area contributed by atoms with Crippen molar-refractivity contribution in [2.45, 2.75) is 31.3 Å². The van der Waals surface area contributed by atoms with Crippen molar-refractivity contribution >= 4 is 11.9 Å². The molecule has 0 aromatic rings. The maximum Gasteiger partial charge on any atom is 0.0924 e. The summed E-state index contributed by atoms with van der Waals surface area (Å²) >= 11 is 1.05. The first-order valence-corrected chi connectivity index (χ1v) is 3.75. The minimum Gasteiger partial charge on any atom is -0.391 e. The molecule has 0 heterocycles. The third kappa shape index (κ3) is 3.05. The first-order chi connectivity index (χ1) is 4.09. The molecule has 0 spiro atoms. The van der Waals surface area contributed by atoms with Crippen molar-refractivity contribution in [2.75, 3.05) is 0 Å². The molecule has 3 nitrogen and oxygen atoms in total. The summed E-state index contributed by atoms with van der Waals surface area (Å²) in [5.74, 6) is 0. The van der Waals surface area contributed by atoms with E-state index in [0.717, 1.165) is 11.9 Å². The largest absolute Gasteiger partial charge is 0.391 e. The van der Waals surface area contributed by atoms with Gasteiger partial charge in [0.05, 0.1) is 12.2 Å². The Morgan fingerprint density at radius 2 is 1.78 bits per heavy atom. The molecule has 4 heteroatoms. The second-order valence-corrected chi connectivity index (χ2v) is 3.09. The molecule has 3 atom stereocenters. The molecule has 0 saturated carbocycles. The van der Waals surface area contributed by atoms with Crippen molar-refractivity contribution in [2.24, 2.45) is 5.14 Å². The molecule has 0 aliphatic heterocycles. The van der Waals surface area contributed by atoms with Gasteiger partial charge in [-0.1, -0.05) is 11.9 Å². The van der Waals surface area contributed by atoms with E-state index >= 15 is 0 Å². The van der Waals surface area contributed by atoms with Crippen LogP contribution in [0.2, 0.25) is 0 Å². The Hall–Kier alpha value is 0.230. The van der Waals surface area contributed by atoms with Crippen molar-refractivity contribution in [3.8, 4) is 0 Å². The van der Waals surface area contributed by atoms with Crippen LogP contribution in [0.15, 0.2) is 0 Å². The summed E-state index contributed by atoms with van der Waals surface area (Å²) in [4.78, 5) is 0. The molecule has 0 saturated heterocycles. The fourth-order valence-corrected chi connectivity index (χ4v) is 0.861. The molecule has 0 radical (unpaired) electrons. The van der Waals surface area contributed by atoms with E-state index in [0.29, 0.717) is 0 Å². The van der Waals surface area contributed by atoms with Gasteiger partial charge < -0.3 is 10.2 Å². The first-order valence-electron chi connectivity index (χ1n) is 2.81. The second kappa shape index (κ2) is 4.11. The number of aliphatic hydroxyl groups excluding tert-OH is 2. The zero-order valence-corrected chi connectivity index (χ0v) is 6.43. The number of rotatable bonds is 3. The summed E-state index contributed by atoms with van der Waals surface area (Å²) in [6.45, 7) is 3.30. The monoisotopic (exact) mass is 151 g/mol. The van der Waals surface area contributed by atoms with Crippen LogP contribution >= 0.6 is 11.9 Å². The summed E-state index contributed by atoms with van der Waals surface area (Å²) in [5, 5.41) is 22.9. The Labute approximate surface area is 59.4 Å². The molecule has 0 aromatic carbocycles. The van der Waals surface area contributed by atoms with Crippen molar-refractivity contribution in [1.29, 1.82) is 0 Å². The molecular formula is C5H13NO2S. The van der Waals surface area contributed by atoms with Gasteiger partial charge in [0.1, 0.15) is 0 Å². The zero-order chi connectivity index (χ0) is 7.44. The average molecular weight is 151 g/mol. The predicted molar refractivity (Wildman–Crippen MR) is 38.9 cm³/mol. The number of aliphatic hydroxyl groups is 2. The lowest BCUT2D eigenvalue weighted by atomic mass is 10.2. The Morgan fingerprint density at radius 3 is 1.89 bits per heavy atom. The summed E-state index contributed by atoms with van der Waals surface area (Å²) in [6, 6.07) is 0. The molecule has 0 aromatic heterocycles. The SMILES string of the molecule is CC(O)C(O)C(C)SN. The van der Waals surface area contributed by atoms with Gasteiger partial charge in [0.2, 0.25) is 0 Å². The van der Waals surface area contributed by atoms with E-state index in [1.807, 2.05) is 0 Å².